The van der Waals surface area contributed by atoms with Crippen LogP contribution in [0.1, 0.15) is 46.5 Å². The normalized spacial score (nSPS) is 12.9. The summed E-state index contributed by atoms with van der Waals surface area (Å²) in [5, 5.41) is 0. The van der Waals surface area contributed by atoms with Gasteiger partial charge in [0.25, 0.3) is 0 Å². The Morgan fingerprint density at radius 3 is 1.88 bits per heavy atom. The van der Waals surface area contributed by atoms with E-state index in [0.29, 0.717) is 0 Å². The molecule has 96 valence electrons. The molecule has 0 amide bonds. The highest BCUT2D eigenvalue weighted by Crippen LogP contribution is 2.09. The van der Waals surface area contributed by atoms with E-state index >= 15 is 0 Å². The number of nitrogens with zero attached hydrogens (tertiary/aromatic N) is 1. The number of unbranched alkanes of at least 4 members (excludes halogenated alkanes) is 2. The monoisotopic (exact) mass is 241 g/mol. The molecular formula is C14H31NSi. The molecule has 0 aliphatic carbocycles. The zero-order valence-electron chi connectivity index (χ0n) is 12.1. The summed E-state index contributed by atoms with van der Waals surface area (Å²) in [6.45, 7) is 14.3. The summed E-state index contributed by atoms with van der Waals surface area (Å²) in [6.07, 6.45) is 8.90. The predicted octanol–water partition coefficient (Wildman–Crippen LogP) is 4.25. The first-order valence-electron chi connectivity index (χ1n) is 6.92. The number of allylic oxidation sites excluding steroid dienone is 1. The third kappa shape index (κ3) is 8.11. The Kier molecular flexibility index (Phi) is 8.95. The summed E-state index contributed by atoms with van der Waals surface area (Å²) in [5.41, 5.74) is 2.47. The molecule has 16 heavy (non-hydrogen) atoms. The van der Waals surface area contributed by atoms with Crippen LogP contribution in [-0.4, -0.2) is 32.2 Å². The minimum absolute atomic E-state index is 1.12. The Bertz CT molecular complexity index is 179. The minimum Gasteiger partial charge on any atom is -0.306 e. The topological polar surface area (TPSA) is 3.24 Å². The summed E-state index contributed by atoms with van der Waals surface area (Å²) < 4.78 is 0. The number of hydrogen-bond donors (Lipinski definition) is 0. The van der Waals surface area contributed by atoms with Gasteiger partial charge in [0.2, 0.25) is 0 Å². The third-order valence-corrected chi connectivity index (χ3v) is 5.40. The van der Waals surface area contributed by atoms with Gasteiger partial charge in [0.15, 0.2) is 0 Å². The van der Waals surface area contributed by atoms with Gasteiger partial charge in [0, 0.05) is 0 Å². The minimum atomic E-state index is -1.12. The van der Waals surface area contributed by atoms with Gasteiger partial charge in [0.1, 0.15) is 0 Å². The smallest absolute Gasteiger partial charge is 0.0857 e. The van der Waals surface area contributed by atoms with Crippen LogP contribution in [0.25, 0.3) is 0 Å². The lowest BCUT2D eigenvalue weighted by atomic mass is 10.3. The van der Waals surface area contributed by atoms with Gasteiger partial charge in [-0.25, -0.2) is 0 Å². The maximum absolute atomic E-state index is 2.69. The summed E-state index contributed by atoms with van der Waals surface area (Å²) in [4.78, 5) is 2.69. The third-order valence-electron chi connectivity index (χ3n) is 2.90. The van der Waals surface area contributed by atoms with Gasteiger partial charge in [-0.3, -0.25) is 0 Å². The molecule has 0 heterocycles. The first-order valence-corrected chi connectivity index (χ1v) is 10.2. The Hall–Kier alpha value is -0.0831. The fourth-order valence-corrected chi connectivity index (χ4v) is 4.59. The van der Waals surface area contributed by atoms with Crippen molar-refractivity contribution in [3.8, 4) is 0 Å². The summed E-state index contributed by atoms with van der Waals surface area (Å²) >= 11 is 0. The van der Waals surface area contributed by atoms with Gasteiger partial charge < -0.3 is 4.90 Å². The van der Waals surface area contributed by atoms with E-state index < -0.39 is 8.07 Å². The number of rotatable bonds is 9. The van der Waals surface area contributed by atoms with Crippen molar-refractivity contribution < 1.29 is 0 Å². The second kappa shape index (κ2) is 9.00. The van der Waals surface area contributed by atoms with Crippen molar-refractivity contribution in [2.45, 2.75) is 59.5 Å². The first-order chi connectivity index (χ1) is 7.55. The van der Waals surface area contributed by atoms with Gasteiger partial charge in [-0.05, 0) is 39.0 Å². The standard InChI is InChI=1S/C14H31NSi/c1-6-9-11-15(12-10-7-2)14-16(4,5)13-8-3/h8,13H,6-7,9-12,14H2,1-5H3. The lowest BCUT2D eigenvalue weighted by molar-refractivity contribution is 0.302. The van der Waals surface area contributed by atoms with E-state index in [1.54, 1.807) is 0 Å². The zero-order valence-corrected chi connectivity index (χ0v) is 13.1. The first kappa shape index (κ1) is 15.9. The largest absolute Gasteiger partial charge is 0.306 e. The van der Waals surface area contributed by atoms with Crippen molar-refractivity contribution in [2.75, 3.05) is 19.3 Å². The van der Waals surface area contributed by atoms with Crippen LogP contribution in [0.3, 0.4) is 0 Å². The fraction of sp³-hybridized carbons (Fsp3) is 0.857. The Morgan fingerprint density at radius 1 is 1.00 bits per heavy atom. The molecule has 1 nitrogen and oxygen atoms in total. The van der Waals surface area contributed by atoms with Gasteiger partial charge >= 0.3 is 0 Å². The van der Waals surface area contributed by atoms with E-state index in [4.69, 9.17) is 0 Å². The molecule has 0 atom stereocenters. The van der Waals surface area contributed by atoms with Crippen LogP contribution in [0.2, 0.25) is 13.1 Å². The number of hydrogen-bond acceptors (Lipinski definition) is 1. The maximum Gasteiger partial charge on any atom is 0.0857 e. The predicted molar refractivity (Wildman–Crippen MR) is 78.6 cm³/mol. The van der Waals surface area contributed by atoms with Crippen molar-refractivity contribution in [2.24, 2.45) is 0 Å². The van der Waals surface area contributed by atoms with Crippen LogP contribution in [0.4, 0.5) is 0 Å². The van der Waals surface area contributed by atoms with Crippen LogP contribution >= 0.6 is 0 Å². The second-order valence-electron chi connectivity index (χ2n) is 5.47. The van der Waals surface area contributed by atoms with Crippen LogP contribution in [0.5, 0.6) is 0 Å². The van der Waals surface area contributed by atoms with Crippen LogP contribution in [0.15, 0.2) is 11.8 Å². The molecule has 0 bridgehead atoms. The molecule has 0 rings (SSSR count). The molecule has 2 heteroatoms. The fourth-order valence-electron chi connectivity index (χ4n) is 2.11. The molecule has 0 aromatic heterocycles. The van der Waals surface area contributed by atoms with E-state index in [1.165, 1.54) is 44.9 Å². The van der Waals surface area contributed by atoms with E-state index in [-0.39, 0.29) is 0 Å². The highest BCUT2D eigenvalue weighted by Gasteiger charge is 2.20. The molecule has 0 saturated carbocycles. The molecule has 0 saturated heterocycles. The van der Waals surface area contributed by atoms with Crippen LogP contribution in [0, 0.1) is 0 Å². The summed E-state index contributed by atoms with van der Waals surface area (Å²) in [7, 11) is -1.12. The van der Waals surface area contributed by atoms with Crippen molar-refractivity contribution in [1.82, 2.24) is 4.90 Å². The molecule has 0 N–H and O–H groups in total. The highest BCUT2D eigenvalue weighted by molar-refractivity contribution is 6.82. The maximum atomic E-state index is 2.69. The van der Waals surface area contributed by atoms with Crippen LogP contribution in [-0.2, 0) is 0 Å². The van der Waals surface area contributed by atoms with Gasteiger partial charge in [-0.15, -0.1) is 0 Å². The average Bonchev–Trinajstić information content (AvgIpc) is 2.21. The van der Waals surface area contributed by atoms with Gasteiger partial charge in [-0.2, -0.15) is 0 Å². The van der Waals surface area contributed by atoms with Crippen molar-refractivity contribution >= 4 is 8.07 Å². The molecule has 0 radical (unpaired) electrons. The Balaban J connectivity index is 4.16. The lowest BCUT2D eigenvalue weighted by Crippen LogP contribution is -2.42. The van der Waals surface area contributed by atoms with E-state index in [1.807, 2.05) is 0 Å². The van der Waals surface area contributed by atoms with E-state index in [2.05, 4.69) is 50.5 Å². The highest BCUT2D eigenvalue weighted by atomic mass is 28.3. The second-order valence-corrected chi connectivity index (χ2v) is 10.1. The Morgan fingerprint density at radius 2 is 1.50 bits per heavy atom. The van der Waals surface area contributed by atoms with Crippen molar-refractivity contribution in [3.63, 3.8) is 0 Å². The zero-order chi connectivity index (χ0) is 12.4. The van der Waals surface area contributed by atoms with Gasteiger partial charge in [-0.1, -0.05) is 51.6 Å². The molecule has 0 aromatic rings. The molecule has 0 aromatic carbocycles. The van der Waals surface area contributed by atoms with E-state index in [9.17, 15) is 0 Å². The molecule has 0 aliphatic rings. The molecule has 0 spiro atoms. The molecule has 0 aliphatic heterocycles. The quantitative estimate of drug-likeness (QED) is 0.545. The lowest BCUT2D eigenvalue weighted by Gasteiger charge is -2.29. The van der Waals surface area contributed by atoms with Crippen molar-refractivity contribution in [3.05, 3.63) is 11.8 Å². The SMILES string of the molecule is CC=C[Si](C)(C)CN(CCCC)CCCC. The van der Waals surface area contributed by atoms with Gasteiger partial charge in [0.05, 0.1) is 8.07 Å². The average molecular weight is 241 g/mol. The summed E-state index contributed by atoms with van der Waals surface area (Å²) in [6, 6.07) is 0. The molecule has 0 unspecified atom stereocenters. The Labute approximate surface area is 104 Å². The molecular weight excluding hydrogens is 210 g/mol. The van der Waals surface area contributed by atoms with E-state index in [0.717, 1.165) is 0 Å². The molecule has 0 fully saturated rings. The summed E-state index contributed by atoms with van der Waals surface area (Å²) in [5.74, 6) is 0. The van der Waals surface area contributed by atoms with Crippen molar-refractivity contribution in [1.29, 1.82) is 0 Å². The van der Waals surface area contributed by atoms with Crippen LogP contribution < -0.4 is 0 Å².